The molecule has 1 atom stereocenters. The molecule has 0 bridgehead atoms. The summed E-state index contributed by atoms with van der Waals surface area (Å²) in [6, 6.07) is 0.137. The highest BCUT2D eigenvalue weighted by molar-refractivity contribution is 6.32. The van der Waals surface area contributed by atoms with E-state index in [9.17, 15) is 4.79 Å². The molecule has 1 fully saturated rings. The van der Waals surface area contributed by atoms with Crippen molar-refractivity contribution in [3.8, 4) is 0 Å². The maximum absolute atomic E-state index is 11.2. The van der Waals surface area contributed by atoms with Gasteiger partial charge in [-0.2, -0.15) is 5.10 Å². The van der Waals surface area contributed by atoms with Crippen molar-refractivity contribution < 1.29 is 9.90 Å². The maximum Gasteiger partial charge on any atom is 0.340 e. The van der Waals surface area contributed by atoms with Gasteiger partial charge in [0.1, 0.15) is 10.7 Å². The molecule has 0 amide bonds. The Morgan fingerprint density at radius 1 is 1.69 bits per heavy atom. The van der Waals surface area contributed by atoms with E-state index in [1.807, 2.05) is 13.8 Å². The highest BCUT2D eigenvalue weighted by Gasteiger charge is 2.34. The van der Waals surface area contributed by atoms with Crippen LogP contribution in [0.5, 0.6) is 0 Å². The third-order valence-corrected chi connectivity index (χ3v) is 3.43. The highest BCUT2D eigenvalue weighted by atomic mass is 35.5. The van der Waals surface area contributed by atoms with Crippen molar-refractivity contribution >= 4 is 17.6 Å². The molecule has 1 aliphatic carbocycles. The molecule has 0 radical (unpaired) electrons. The van der Waals surface area contributed by atoms with Crippen LogP contribution in [-0.4, -0.2) is 20.9 Å². The number of rotatable bonds is 4. The second-order valence-corrected chi connectivity index (χ2v) is 4.69. The van der Waals surface area contributed by atoms with Gasteiger partial charge in [-0.3, -0.25) is 4.68 Å². The van der Waals surface area contributed by atoms with Crippen LogP contribution in [0.2, 0.25) is 5.15 Å². The zero-order valence-corrected chi connectivity index (χ0v) is 10.2. The van der Waals surface area contributed by atoms with E-state index in [-0.39, 0.29) is 16.8 Å². The summed E-state index contributed by atoms with van der Waals surface area (Å²) in [4.78, 5) is 11.2. The van der Waals surface area contributed by atoms with Gasteiger partial charge in [0.15, 0.2) is 0 Å². The summed E-state index contributed by atoms with van der Waals surface area (Å²) in [7, 11) is 0. The molecule has 0 aromatic carbocycles. The maximum atomic E-state index is 11.2. The Labute approximate surface area is 99.2 Å². The van der Waals surface area contributed by atoms with Crippen molar-refractivity contribution in [2.45, 2.75) is 45.1 Å². The second-order valence-electron chi connectivity index (χ2n) is 4.33. The number of hydrogen-bond donors (Lipinski definition) is 1. The number of carboxylic acids is 1. The predicted molar refractivity (Wildman–Crippen MR) is 61.2 cm³/mol. The van der Waals surface area contributed by atoms with Gasteiger partial charge < -0.3 is 5.11 Å². The molecular formula is C11H15ClN2O2. The van der Waals surface area contributed by atoms with Gasteiger partial charge in [0, 0.05) is 5.92 Å². The van der Waals surface area contributed by atoms with Crippen LogP contribution < -0.4 is 0 Å². The highest BCUT2D eigenvalue weighted by Crippen LogP contribution is 2.43. The number of halogens is 1. The fourth-order valence-corrected chi connectivity index (χ4v) is 2.12. The van der Waals surface area contributed by atoms with Crippen molar-refractivity contribution in [3.05, 3.63) is 16.4 Å². The Kier molecular flexibility index (Phi) is 2.93. The average molecular weight is 243 g/mol. The van der Waals surface area contributed by atoms with E-state index < -0.39 is 5.97 Å². The number of aromatic carboxylic acids is 1. The zero-order valence-electron chi connectivity index (χ0n) is 9.40. The predicted octanol–water partition coefficient (Wildman–Crippen LogP) is 3.08. The molecule has 1 aliphatic rings. The molecule has 1 aromatic heterocycles. The number of aromatic nitrogens is 2. The van der Waals surface area contributed by atoms with Crippen molar-refractivity contribution in [2.24, 2.45) is 0 Å². The van der Waals surface area contributed by atoms with Crippen molar-refractivity contribution in [1.29, 1.82) is 0 Å². The molecule has 4 nitrogen and oxygen atoms in total. The van der Waals surface area contributed by atoms with Crippen LogP contribution in [0.25, 0.3) is 0 Å². The molecule has 1 heterocycles. The Balaban J connectivity index is 2.48. The van der Waals surface area contributed by atoms with Crippen LogP contribution in [0.3, 0.4) is 0 Å². The Bertz CT molecular complexity index is 424. The molecule has 0 saturated heterocycles. The first kappa shape index (κ1) is 11.5. The molecule has 88 valence electrons. The van der Waals surface area contributed by atoms with Gasteiger partial charge in [-0.15, -0.1) is 0 Å². The lowest BCUT2D eigenvalue weighted by molar-refractivity contribution is 0.0695. The van der Waals surface area contributed by atoms with E-state index in [0.717, 1.165) is 19.3 Å². The summed E-state index contributed by atoms with van der Waals surface area (Å²) < 4.78 is 1.64. The van der Waals surface area contributed by atoms with Crippen LogP contribution in [0.1, 0.15) is 61.1 Å². The lowest BCUT2D eigenvalue weighted by atomic mass is 10.2. The summed E-state index contributed by atoms with van der Waals surface area (Å²) in [6.45, 7) is 4.01. The molecule has 2 rings (SSSR count). The minimum Gasteiger partial charge on any atom is -0.478 e. The molecule has 1 N–H and O–H groups in total. The minimum atomic E-state index is -0.971. The lowest BCUT2D eigenvalue weighted by Crippen LogP contribution is -2.06. The molecule has 16 heavy (non-hydrogen) atoms. The summed E-state index contributed by atoms with van der Waals surface area (Å²) >= 11 is 6.09. The normalized spacial score (nSPS) is 17.4. The molecule has 1 saturated carbocycles. The first-order valence-corrected chi connectivity index (χ1v) is 5.95. The van der Waals surface area contributed by atoms with Crippen molar-refractivity contribution in [3.63, 3.8) is 0 Å². The Morgan fingerprint density at radius 2 is 2.31 bits per heavy atom. The summed E-state index contributed by atoms with van der Waals surface area (Å²) in [5.41, 5.74) is 0.863. The van der Waals surface area contributed by atoms with Crippen LogP contribution in [0.4, 0.5) is 0 Å². The third kappa shape index (κ3) is 1.82. The fourth-order valence-electron chi connectivity index (χ4n) is 1.74. The first-order valence-electron chi connectivity index (χ1n) is 5.57. The molecule has 1 unspecified atom stereocenters. The van der Waals surface area contributed by atoms with Gasteiger partial charge >= 0.3 is 5.97 Å². The van der Waals surface area contributed by atoms with Gasteiger partial charge in [0.05, 0.1) is 11.7 Å². The molecule has 0 aliphatic heterocycles. The summed E-state index contributed by atoms with van der Waals surface area (Å²) in [6.07, 6.45) is 2.92. The average Bonchev–Trinajstić information content (AvgIpc) is 3.01. The van der Waals surface area contributed by atoms with E-state index in [4.69, 9.17) is 16.7 Å². The molecular weight excluding hydrogens is 228 g/mol. The third-order valence-electron chi connectivity index (χ3n) is 3.07. The van der Waals surface area contributed by atoms with Gasteiger partial charge in [-0.25, -0.2) is 4.79 Å². The van der Waals surface area contributed by atoms with E-state index in [1.165, 1.54) is 0 Å². The number of carbonyl (C=O) groups is 1. The van der Waals surface area contributed by atoms with Gasteiger partial charge in [-0.05, 0) is 26.2 Å². The van der Waals surface area contributed by atoms with Crippen LogP contribution >= 0.6 is 11.6 Å². The van der Waals surface area contributed by atoms with E-state index in [1.54, 1.807) is 4.68 Å². The lowest BCUT2D eigenvalue weighted by Gasteiger charge is -2.09. The number of nitrogens with zero attached hydrogens (tertiary/aromatic N) is 2. The quantitative estimate of drug-likeness (QED) is 0.883. The SMILES string of the molecule is CCC(C)n1nc(C2CC2)c(C(=O)O)c1Cl. The van der Waals surface area contributed by atoms with E-state index >= 15 is 0 Å². The number of carboxylic acid groups (broad SMARTS) is 1. The van der Waals surface area contributed by atoms with Gasteiger partial charge in [-0.1, -0.05) is 18.5 Å². The summed E-state index contributed by atoms with van der Waals surface area (Å²) in [5.74, 6) is -0.671. The minimum absolute atomic E-state index is 0.137. The fraction of sp³-hybridized carbons (Fsp3) is 0.636. The van der Waals surface area contributed by atoms with Gasteiger partial charge in [0.25, 0.3) is 0 Å². The molecule has 5 heteroatoms. The molecule has 0 spiro atoms. The van der Waals surface area contributed by atoms with Crippen LogP contribution in [0, 0.1) is 0 Å². The molecule has 1 aromatic rings. The standard InChI is InChI=1S/C11H15ClN2O2/c1-3-6(2)14-10(12)8(11(15)16)9(13-14)7-4-5-7/h6-7H,3-5H2,1-2H3,(H,15,16). The van der Waals surface area contributed by atoms with E-state index in [2.05, 4.69) is 5.10 Å². The topological polar surface area (TPSA) is 55.1 Å². The second kappa shape index (κ2) is 4.09. The zero-order chi connectivity index (χ0) is 11.9. The Morgan fingerprint density at radius 3 is 2.75 bits per heavy atom. The van der Waals surface area contributed by atoms with Crippen LogP contribution in [-0.2, 0) is 0 Å². The number of hydrogen-bond acceptors (Lipinski definition) is 2. The van der Waals surface area contributed by atoms with Crippen molar-refractivity contribution in [2.75, 3.05) is 0 Å². The Hall–Kier alpha value is -1.03. The van der Waals surface area contributed by atoms with Crippen molar-refractivity contribution in [1.82, 2.24) is 9.78 Å². The monoisotopic (exact) mass is 242 g/mol. The van der Waals surface area contributed by atoms with Crippen LogP contribution in [0.15, 0.2) is 0 Å². The first-order chi connectivity index (χ1) is 7.56. The van der Waals surface area contributed by atoms with Gasteiger partial charge in [0.2, 0.25) is 0 Å². The smallest absolute Gasteiger partial charge is 0.340 e. The largest absolute Gasteiger partial charge is 0.478 e. The summed E-state index contributed by atoms with van der Waals surface area (Å²) in [5, 5.41) is 13.8. The van der Waals surface area contributed by atoms with E-state index in [0.29, 0.717) is 11.6 Å².